The van der Waals surface area contributed by atoms with E-state index in [4.69, 9.17) is 0 Å². The van der Waals surface area contributed by atoms with E-state index in [0.717, 1.165) is 11.1 Å². The monoisotopic (exact) mass is 234 g/mol. The molecule has 1 heterocycles. The molecular weight excluding hydrogens is 221 g/mol. The molecule has 1 aromatic heterocycles. The van der Waals surface area contributed by atoms with Gasteiger partial charge in [-0.15, -0.1) is 13.2 Å². The molecule has 0 aliphatic rings. The summed E-state index contributed by atoms with van der Waals surface area (Å²) in [5.74, 6) is 0. The molecule has 0 radical (unpaired) electrons. The van der Waals surface area contributed by atoms with Crippen LogP contribution in [0.4, 0.5) is 13.2 Å². The van der Waals surface area contributed by atoms with E-state index in [2.05, 4.69) is 15.0 Å². The second-order valence-corrected chi connectivity index (χ2v) is 3.27. The summed E-state index contributed by atoms with van der Waals surface area (Å²) < 4.78 is 38.5. The Morgan fingerprint density at radius 3 is 2.81 bits per heavy atom. The maximum Gasteiger partial charge on any atom is 0.522 e. The number of halogens is 3. The fourth-order valence-corrected chi connectivity index (χ4v) is 1.16. The van der Waals surface area contributed by atoms with Gasteiger partial charge in [-0.25, -0.2) is 0 Å². The van der Waals surface area contributed by atoms with Crippen molar-refractivity contribution in [2.24, 2.45) is 0 Å². The van der Waals surface area contributed by atoms with Gasteiger partial charge in [0.15, 0.2) is 0 Å². The number of pyridine rings is 1. The summed E-state index contributed by atoms with van der Waals surface area (Å²) >= 11 is 0. The Kier molecular flexibility index (Phi) is 4.70. The highest BCUT2D eigenvalue weighted by Gasteiger charge is 2.28. The van der Waals surface area contributed by atoms with E-state index < -0.39 is 6.36 Å². The molecule has 0 amide bonds. The molecule has 1 N–H and O–H groups in total. The highest BCUT2D eigenvalue weighted by Crippen LogP contribution is 2.15. The average molecular weight is 234 g/mol. The number of rotatable bonds is 5. The lowest BCUT2D eigenvalue weighted by molar-refractivity contribution is -0.323. The topological polar surface area (TPSA) is 34.2 Å². The average Bonchev–Trinajstić information content (AvgIpc) is 2.18. The van der Waals surface area contributed by atoms with E-state index in [-0.39, 0.29) is 13.2 Å². The van der Waals surface area contributed by atoms with E-state index in [0.29, 0.717) is 6.54 Å². The molecule has 1 aromatic rings. The van der Waals surface area contributed by atoms with E-state index in [1.54, 1.807) is 12.4 Å². The van der Waals surface area contributed by atoms with Gasteiger partial charge in [-0.05, 0) is 24.1 Å². The fourth-order valence-electron chi connectivity index (χ4n) is 1.16. The Labute approximate surface area is 91.6 Å². The normalized spacial score (nSPS) is 11.8. The van der Waals surface area contributed by atoms with Crippen molar-refractivity contribution >= 4 is 0 Å². The largest absolute Gasteiger partial charge is 0.522 e. The van der Waals surface area contributed by atoms with Crippen molar-refractivity contribution in [2.45, 2.75) is 19.8 Å². The third-order valence-electron chi connectivity index (χ3n) is 2.00. The van der Waals surface area contributed by atoms with Crippen LogP contribution >= 0.6 is 0 Å². The molecule has 0 spiro atoms. The minimum atomic E-state index is -4.55. The lowest BCUT2D eigenvalue weighted by Gasteiger charge is -2.09. The van der Waals surface area contributed by atoms with Gasteiger partial charge in [0.2, 0.25) is 0 Å². The summed E-state index contributed by atoms with van der Waals surface area (Å²) in [4.78, 5) is 3.92. The minimum absolute atomic E-state index is 0.154. The SMILES string of the molecule is Cc1cnccc1CNCCOC(F)(F)F. The molecule has 6 heteroatoms. The van der Waals surface area contributed by atoms with Gasteiger partial charge in [0.05, 0.1) is 6.61 Å². The Bertz CT molecular complexity index is 328. The van der Waals surface area contributed by atoms with Gasteiger partial charge in [-0.1, -0.05) is 0 Å². The Morgan fingerprint density at radius 1 is 1.44 bits per heavy atom. The fraction of sp³-hybridized carbons (Fsp3) is 0.500. The van der Waals surface area contributed by atoms with Crippen LogP contribution < -0.4 is 5.32 Å². The number of hydrogen-bond acceptors (Lipinski definition) is 3. The van der Waals surface area contributed by atoms with Crippen LogP contribution in [0.1, 0.15) is 11.1 Å². The summed E-state index contributed by atoms with van der Waals surface area (Å²) in [7, 11) is 0. The lowest BCUT2D eigenvalue weighted by atomic mass is 10.1. The van der Waals surface area contributed by atoms with Crippen LogP contribution in [0.15, 0.2) is 18.5 Å². The third kappa shape index (κ3) is 5.09. The summed E-state index contributed by atoms with van der Waals surface area (Å²) in [5, 5.41) is 2.86. The molecule has 0 aliphatic carbocycles. The second-order valence-electron chi connectivity index (χ2n) is 3.27. The van der Waals surface area contributed by atoms with E-state index in [1.165, 1.54) is 0 Å². The summed E-state index contributed by atoms with van der Waals surface area (Å²) in [5.41, 5.74) is 2.02. The zero-order valence-electron chi connectivity index (χ0n) is 8.84. The minimum Gasteiger partial charge on any atom is -0.310 e. The van der Waals surface area contributed by atoms with Crippen LogP contribution in [0.5, 0.6) is 0 Å². The molecule has 0 aromatic carbocycles. The first kappa shape index (κ1) is 12.9. The molecule has 0 fully saturated rings. The predicted molar refractivity (Wildman–Crippen MR) is 52.7 cm³/mol. The maximum absolute atomic E-state index is 11.6. The Balaban J connectivity index is 2.19. The molecular formula is C10H13F3N2O. The summed E-state index contributed by atoms with van der Waals surface area (Å²) in [6.07, 6.45) is -1.19. The number of alkyl halides is 3. The zero-order chi connectivity index (χ0) is 12.0. The second kappa shape index (κ2) is 5.81. The van der Waals surface area contributed by atoms with Gasteiger partial charge in [0.1, 0.15) is 0 Å². The molecule has 0 saturated heterocycles. The number of aryl methyl sites for hydroxylation is 1. The predicted octanol–water partition coefficient (Wildman–Crippen LogP) is 2.02. The van der Waals surface area contributed by atoms with Gasteiger partial charge in [0.25, 0.3) is 0 Å². The zero-order valence-corrected chi connectivity index (χ0v) is 8.84. The molecule has 0 unspecified atom stereocenters. The lowest BCUT2D eigenvalue weighted by Crippen LogP contribution is -2.24. The van der Waals surface area contributed by atoms with Crippen molar-refractivity contribution in [3.8, 4) is 0 Å². The standard InChI is InChI=1S/C10H13F3N2O/c1-8-6-14-3-2-9(8)7-15-4-5-16-10(11,12)13/h2-3,6,15H,4-5,7H2,1H3. The van der Waals surface area contributed by atoms with Crippen LogP contribution in [0.2, 0.25) is 0 Å². The van der Waals surface area contributed by atoms with Crippen molar-refractivity contribution in [1.82, 2.24) is 10.3 Å². The molecule has 16 heavy (non-hydrogen) atoms. The molecule has 1 rings (SSSR count). The molecule has 0 aliphatic heterocycles. The third-order valence-corrected chi connectivity index (χ3v) is 2.00. The van der Waals surface area contributed by atoms with Crippen LogP contribution in [0, 0.1) is 6.92 Å². The number of aromatic nitrogens is 1. The molecule has 0 bridgehead atoms. The van der Waals surface area contributed by atoms with Crippen molar-refractivity contribution in [3.05, 3.63) is 29.6 Å². The van der Waals surface area contributed by atoms with Crippen molar-refractivity contribution in [2.75, 3.05) is 13.2 Å². The summed E-state index contributed by atoms with van der Waals surface area (Å²) in [6, 6.07) is 1.83. The van der Waals surface area contributed by atoms with Crippen LogP contribution in [-0.2, 0) is 11.3 Å². The highest BCUT2D eigenvalue weighted by atomic mass is 19.4. The number of ether oxygens (including phenoxy) is 1. The van der Waals surface area contributed by atoms with Gasteiger partial charge in [-0.3, -0.25) is 9.72 Å². The van der Waals surface area contributed by atoms with E-state index in [1.807, 2.05) is 13.0 Å². The quantitative estimate of drug-likeness (QED) is 0.791. The van der Waals surface area contributed by atoms with Crippen molar-refractivity contribution < 1.29 is 17.9 Å². The first-order valence-electron chi connectivity index (χ1n) is 4.80. The van der Waals surface area contributed by atoms with E-state index >= 15 is 0 Å². The molecule has 3 nitrogen and oxygen atoms in total. The van der Waals surface area contributed by atoms with Gasteiger partial charge < -0.3 is 5.32 Å². The van der Waals surface area contributed by atoms with Gasteiger partial charge >= 0.3 is 6.36 Å². The number of hydrogen-bond donors (Lipinski definition) is 1. The number of nitrogens with one attached hydrogen (secondary N) is 1. The smallest absolute Gasteiger partial charge is 0.310 e. The van der Waals surface area contributed by atoms with E-state index in [9.17, 15) is 13.2 Å². The van der Waals surface area contributed by atoms with Crippen LogP contribution in [0.3, 0.4) is 0 Å². The Morgan fingerprint density at radius 2 is 2.19 bits per heavy atom. The first-order valence-corrected chi connectivity index (χ1v) is 4.80. The Hall–Kier alpha value is -1.14. The molecule has 90 valence electrons. The maximum atomic E-state index is 11.6. The van der Waals surface area contributed by atoms with Crippen LogP contribution in [-0.4, -0.2) is 24.5 Å². The van der Waals surface area contributed by atoms with Crippen molar-refractivity contribution in [3.63, 3.8) is 0 Å². The number of nitrogens with zero attached hydrogens (tertiary/aromatic N) is 1. The summed E-state index contributed by atoms with van der Waals surface area (Å²) in [6.45, 7) is 2.18. The molecule has 0 saturated carbocycles. The van der Waals surface area contributed by atoms with Gasteiger partial charge in [0, 0.05) is 25.5 Å². The van der Waals surface area contributed by atoms with Crippen molar-refractivity contribution in [1.29, 1.82) is 0 Å². The van der Waals surface area contributed by atoms with Gasteiger partial charge in [-0.2, -0.15) is 0 Å². The van der Waals surface area contributed by atoms with Crippen LogP contribution in [0.25, 0.3) is 0 Å². The first-order chi connectivity index (χ1) is 7.49. The highest BCUT2D eigenvalue weighted by molar-refractivity contribution is 5.20. The molecule has 0 atom stereocenters.